The molecule has 1 aromatic rings. The van der Waals surface area contributed by atoms with Gasteiger partial charge in [-0.25, -0.2) is 8.42 Å². The molecule has 4 nitrogen and oxygen atoms in total. The number of nitrogens with zero attached hydrogens (tertiary/aromatic N) is 2. The van der Waals surface area contributed by atoms with E-state index in [2.05, 4.69) is 0 Å². The maximum Gasteiger partial charge on any atom is 0.417 e. The fourth-order valence-electron chi connectivity index (χ4n) is 2.21. The Bertz CT molecular complexity index is 649. The predicted molar refractivity (Wildman–Crippen MR) is 64.0 cm³/mol. The lowest BCUT2D eigenvalue weighted by molar-refractivity contribution is -0.139. The minimum Gasteiger partial charge on any atom is -0.207 e. The quantitative estimate of drug-likeness (QED) is 0.843. The highest BCUT2D eigenvalue weighted by atomic mass is 32.2. The average molecular weight is 304 g/mol. The van der Waals surface area contributed by atoms with Crippen molar-refractivity contribution in [2.75, 3.05) is 6.54 Å². The van der Waals surface area contributed by atoms with E-state index in [9.17, 15) is 21.6 Å². The largest absolute Gasteiger partial charge is 0.417 e. The second-order valence-electron chi connectivity index (χ2n) is 4.40. The van der Waals surface area contributed by atoms with Gasteiger partial charge in [-0.2, -0.15) is 22.7 Å². The lowest BCUT2D eigenvalue weighted by Gasteiger charge is -2.21. The van der Waals surface area contributed by atoms with E-state index in [-0.39, 0.29) is 6.54 Å². The van der Waals surface area contributed by atoms with Crippen LogP contribution in [0, 0.1) is 11.3 Å². The molecule has 1 aromatic carbocycles. The Kier molecular flexibility index (Phi) is 3.75. The topological polar surface area (TPSA) is 61.2 Å². The Labute approximate surface area is 114 Å². The van der Waals surface area contributed by atoms with Gasteiger partial charge in [0.25, 0.3) is 0 Å². The van der Waals surface area contributed by atoms with E-state index in [4.69, 9.17) is 5.26 Å². The zero-order chi connectivity index (χ0) is 15.0. The molecule has 1 aliphatic heterocycles. The van der Waals surface area contributed by atoms with Crippen molar-refractivity contribution in [2.24, 2.45) is 0 Å². The Morgan fingerprint density at radius 3 is 2.55 bits per heavy atom. The van der Waals surface area contributed by atoms with Gasteiger partial charge in [0.2, 0.25) is 10.0 Å². The van der Waals surface area contributed by atoms with Crippen molar-refractivity contribution in [1.29, 1.82) is 5.26 Å². The van der Waals surface area contributed by atoms with Crippen molar-refractivity contribution >= 4 is 10.0 Å². The third-order valence-corrected chi connectivity index (χ3v) is 5.10. The average Bonchev–Trinajstić information content (AvgIpc) is 2.86. The standard InChI is InChI=1S/C12H11F3N2O2S/c13-12(14,15)10-5-1-2-6-11(10)20(18,19)17-7-3-4-9(17)8-16/h1-2,5-6,9H,3-4,7H2. The summed E-state index contributed by atoms with van der Waals surface area (Å²) in [6, 6.07) is 4.93. The van der Waals surface area contributed by atoms with Crippen LogP contribution in [0.2, 0.25) is 0 Å². The molecular weight excluding hydrogens is 293 g/mol. The molecule has 0 N–H and O–H groups in total. The Hall–Kier alpha value is -1.59. The molecule has 0 spiro atoms. The Morgan fingerprint density at radius 2 is 1.95 bits per heavy atom. The fourth-order valence-corrected chi connectivity index (χ4v) is 4.03. The molecule has 0 radical (unpaired) electrons. The van der Waals surface area contributed by atoms with Crippen LogP contribution >= 0.6 is 0 Å². The molecule has 2 rings (SSSR count). The minimum atomic E-state index is -4.76. The van der Waals surface area contributed by atoms with Crippen molar-refractivity contribution in [2.45, 2.75) is 30.0 Å². The molecule has 1 atom stereocenters. The zero-order valence-corrected chi connectivity index (χ0v) is 11.1. The van der Waals surface area contributed by atoms with Gasteiger partial charge in [0, 0.05) is 6.54 Å². The smallest absolute Gasteiger partial charge is 0.207 e. The van der Waals surface area contributed by atoms with Crippen LogP contribution in [0.25, 0.3) is 0 Å². The highest BCUT2D eigenvalue weighted by Gasteiger charge is 2.41. The van der Waals surface area contributed by atoms with Crippen LogP contribution < -0.4 is 0 Å². The van der Waals surface area contributed by atoms with Crippen LogP contribution in [0.4, 0.5) is 13.2 Å². The van der Waals surface area contributed by atoms with Crippen LogP contribution in [0.1, 0.15) is 18.4 Å². The summed E-state index contributed by atoms with van der Waals surface area (Å²) in [7, 11) is -4.32. The summed E-state index contributed by atoms with van der Waals surface area (Å²) in [5, 5.41) is 8.90. The first-order valence-corrected chi connectivity index (χ1v) is 7.30. The van der Waals surface area contributed by atoms with Gasteiger partial charge in [-0.05, 0) is 25.0 Å². The van der Waals surface area contributed by atoms with E-state index < -0.39 is 32.7 Å². The summed E-state index contributed by atoms with van der Waals surface area (Å²) < 4.78 is 64.2. The van der Waals surface area contributed by atoms with Crippen LogP contribution in [-0.2, 0) is 16.2 Å². The van der Waals surface area contributed by atoms with E-state index in [1.165, 1.54) is 6.07 Å². The highest BCUT2D eigenvalue weighted by Crippen LogP contribution is 2.36. The van der Waals surface area contributed by atoms with Crippen LogP contribution in [0.5, 0.6) is 0 Å². The number of rotatable bonds is 2. The third kappa shape index (κ3) is 2.51. The monoisotopic (exact) mass is 304 g/mol. The summed E-state index contributed by atoms with van der Waals surface area (Å²) in [6.07, 6.45) is -3.96. The van der Waals surface area contributed by atoms with Crippen LogP contribution in [0.3, 0.4) is 0 Å². The summed E-state index contributed by atoms with van der Waals surface area (Å²) in [4.78, 5) is -0.797. The maximum absolute atomic E-state index is 12.9. The fraction of sp³-hybridized carbons (Fsp3) is 0.417. The van der Waals surface area contributed by atoms with E-state index in [0.29, 0.717) is 12.8 Å². The molecular formula is C12H11F3N2O2S. The summed E-state index contributed by atoms with van der Waals surface area (Å²) >= 11 is 0. The highest BCUT2D eigenvalue weighted by molar-refractivity contribution is 7.89. The molecule has 1 heterocycles. The number of halogens is 3. The van der Waals surface area contributed by atoms with Gasteiger partial charge in [-0.1, -0.05) is 12.1 Å². The molecule has 0 bridgehead atoms. The number of nitriles is 1. The lowest BCUT2D eigenvalue weighted by Crippen LogP contribution is -2.35. The van der Waals surface area contributed by atoms with Crippen molar-refractivity contribution < 1.29 is 21.6 Å². The van der Waals surface area contributed by atoms with Crippen molar-refractivity contribution in [3.05, 3.63) is 29.8 Å². The van der Waals surface area contributed by atoms with Crippen molar-refractivity contribution in [3.8, 4) is 6.07 Å². The normalized spacial score (nSPS) is 20.8. The van der Waals surface area contributed by atoms with Crippen LogP contribution in [0.15, 0.2) is 29.2 Å². The van der Waals surface area contributed by atoms with Gasteiger partial charge in [0.15, 0.2) is 0 Å². The van der Waals surface area contributed by atoms with Crippen LogP contribution in [-0.4, -0.2) is 25.3 Å². The molecule has 0 saturated carbocycles. The lowest BCUT2D eigenvalue weighted by atomic mass is 10.2. The van der Waals surface area contributed by atoms with Gasteiger partial charge in [0.05, 0.1) is 16.5 Å². The molecule has 20 heavy (non-hydrogen) atoms. The van der Waals surface area contributed by atoms with Gasteiger partial charge in [-0.15, -0.1) is 0 Å². The Morgan fingerprint density at radius 1 is 1.30 bits per heavy atom. The summed E-state index contributed by atoms with van der Waals surface area (Å²) in [6.45, 7) is 0.0623. The maximum atomic E-state index is 12.9. The number of hydrogen-bond donors (Lipinski definition) is 0. The SMILES string of the molecule is N#CC1CCCN1S(=O)(=O)c1ccccc1C(F)(F)F. The molecule has 0 aromatic heterocycles. The second kappa shape index (κ2) is 5.07. The molecule has 1 aliphatic rings. The van der Waals surface area contributed by atoms with E-state index in [0.717, 1.165) is 22.5 Å². The van der Waals surface area contributed by atoms with E-state index in [1.54, 1.807) is 0 Å². The molecule has 0 aliphatic carbocycles. The first-order valence-electron chi connectivity index (χ1n) is 5.86. The van der Waals surface area contributed by atoms with E-state index >= 15 is 0 Å². The summed E-state index contributed by atoms with van der Waals surface area (Å²) in [5.41, 5.74) is -1.21. The number of sulfonamides is 1. The molecule has 1 unspecified atom stereocenters. The number of benzene rings is 1. The van der Waals surface area contributed by atoms with E-state index in [1.807, 2.05) is 6.07 Å². The molecule has 1 saturated heterocycles. The van der Waals surface area contributed by atoms with Gasteiger partial charge >= 0.3 is 6.18 Å². The van der Waals surface area contributed by atoms with Gasteiger partial charge in [-0.3, -0.25) is 0 Å². The molecule has 0 amide bonds. The predicted octanol–water partition coefficient (Wildman–Crippen LogP) is 2.38. The number of hydrogen-bond acceptors (Lipinski definition) is 3. The summed E-state index contributed by atoms with van der Waals surface area (Å²) in [5.74, 6) is 0. The minimum absolute atomic E-state index is 0.0623. The molecule has 8 heteroatoms. The van der Waals surface area contributed by atoms with Crippen molar-refractivity contribution in [1.82, 2.24) is 4.31 Å². The zero-order valence-electron chi connectivity index (χ0n) is 10.3. The molecule has 108 valence electrons. The number of alkyl halides is 3. The Balaban J connectivity index is 2.54. The molecule has 1 fully saturated rings. The first kappa shape index (κ1) is 14.8. The third-order valence-electron chi connectivity index (χ3n) is 3.13. The van der Waals surface area contributed by atoms with Gasteiger partial charge in [0.1, 0.15) is 6.04 Å². The van der Waals surface area contributed by atoms with Gasteiger partial charge < -0.3 is 0 Å². The van der Waals surface area contributed by atoms with Crippen molar-refractivity contribution in [3.63, 3.8) is 0 Å². The first-order chi connectivity index (χ1) is 9.28. The second-order valence-corrected chi connectivity index (χ2v) is 6.26.